The number of carbonyl (C=O) groups is 2. The number of primary amides is 1. The molecule has 106 valence electrons. The van der Waals surface area contributed by atoms with Gasteiger partial charge in [-0.3, -0.25) is 4.79 Å². The number of hydrogen-bond acceptors (Lipinski definition) is 3. The zero-order valence-corrected chi connectivity index (χ0v) is 11.4. The van der Waals surface area contributed by atoms with Gasteiger partial charge >= 0.3 is 6.03 Å². The molecule has 0 saturated carbocycles. The highest BCUT2D eigenvalue weighted by Gasteiger charge is 2.15. The number of nitrogens with one attached hydrogen (secondary N) is 2. The van der Waals surface area contributed by atoms with E-state index >= 15 is 0 Å². The minimum absolute atomic E-state index is 0. The van der Waals surface area contributed by atoms with Crippen molar-refractivity contribution < 1.29 is 9.59 Å². The molecule has 0 radical (unpaired) electrons. The van der Waals surface area contributed by atoms with Crippen LogP contribution in [0.15, 0.2) is 30.3 Å². The summed E-state index contributed by atoms with van der Waals surface area (Å²) < 4.78 is 0. The highest BCUT2D eigenvalue weighted by Crippen LogP contribution is 2.07. The van der Waals surface area contributed by atoms with Gasteiger partial charge in [0.15, 0.2) is 0 Å². The monoisotopic (exact) mass is 286 g/mol. The highest BCUT2D eigenvalue weighted by molar-refractivity contribution is 5.86. The normalized spacial score (nSPS) is 12.7. The number of amides is 3. The first-order valence-electron chi connectivity index (χ1n) is 5.65. The number of nitrogens with two attached hydrogens (primary N) is 2. The minimum Gasteiger partial charge on any atom is -0.352 e. The molecule has 1 aromatic rings. The summed E-state index contributed by atoms with van der Waals surface area (Å²) in [5, 5.41) is 4.94. The van der Waals surface area contributed by atoms with E-state index in [4.69, 9.17) is 11.5 Å². The van der Waals surface area contributed by atoms with Gasteiger partial charge in [0.25, 0.3) is 0 Å². The second kappa shape index (κ2) is 8.34. The lowest BCUT2D eigenvalue weighted by atomic mass is 10.1. The highest BCUT2D eigenvalue weighted by atomic mass is 35.5. The van der Waals surface area contributed by atoms with Crippen LogP contribution in [0.1, 0.15) is 18.5 Å². The smallest absolute Gasteiger partial charge is 0.312 e. The maximum absolute atomic E-state index is 11.6. The molecule has 0 fully saturated rings. The summed E-state index contributed by atoms with van der Waals surface area (Å²) in [7, 11) is 0. The predicted molar refractivity (Wildman–Crippen MR) is 75.8 cm³/mol. The zero-order valence-electron chi connectivity index (χ0n) is 10.6. The Kier molecular flexibility index (Phi) is 7.55. The average Bonchev–Trinajstić information content (AvgIpc) is 2.35. The fourth-order valence-electron chi connectivity index (χ4n) is 1.46. The number of urea groups is 1. The van der Waals surface area contributed by atoms with Gasteiger partial charge in [0.1, 0.15) is 6.04 Å². The molecule has 6 N–H and O–H groups in total. The molecule has 1 aromatic carbocycles. The largest absolute Gasteiger partial charge is 0.352 e. The lowest BCUT2D eigenvalue weighted by Crippen LogP contribution is -2.48. The Hall–Kier alpha value is -1.79. The van der Waals surface area contributed by atoms with Crippen molar-refractivity contribution in [3.05, 3.63) is 35.9 Å². The molecule has 19 heavy (non-hydrogen) atoms. The summed E-state index contributed by atoms with van der Waals surface area (Å²) >= 11 is 0. The quantitative estimate of drug-likeness (QED) is 0.624. The van der Waals surface area contributed by atoms with Crippen LogP contribution < -0.4 is 22.1 Å². The molecule has 2 atom stereocenters. The zero-order chi connectivity index (χ0) is 13.5. The van der Waals surface area contributed by atoms with Crippen LogP contribution in [-0.2, 0) is 4.79 Å². The number of halogens is 1. The van der Waals surface area contributed by atoms with E-state index in [1.807, 2.05) is 30.3 Å². The first kappa shape index (κ1) is 17.2. The molecule has 0 aliphatic carbocycles. The first-order chi connectivity index (χ1) is 8.50. The number of benzene rings is 1. The van der Waals surface area contributed by atoms with E-state index in [1.165, 1.54) is 0 Å². The Morgan fingerprint density at radius 3 is 2.37 bits per heavy atom. The third kappa shape index (κ3) is 6.08. The van der Waals surface area contributed by atoms with Crippen LogP contribution in [0.5, 0.6) is 0 Å². The Bertz CT molecular complexity index is 413. The summed E-state index contributed by atoms with van der Waals surface area (Å²) in [6.45, 7) is 1.85. The van der Waals surface area contributed by atoms with E-state index in [0.717, 1.165) is 5.56 Å². The fourth-order valence-corrected chi connectivity index (χ4v) is 1.46. The van der Waals surface area contributed by atoms with Crippen LogP contribution in [0.4, 0.5) is 4.79 Å². The van der Waals surface area contributed by atoms with Gasteiger partial charge < -0.3 is 22.1 Å². The molecule has 0 aromatic heterocycles. The molecule has 7 heteroatoms. The topological polar surface area (TPSA) is 110 Å². The molecular weight excluding hydrogens is 268 g/mol. The van der Waals surface area contributed by atoms with Crippen molar-refractivity contribution in [2.75, 3.05) is 6.54 Å². The molecule has 3 amide bonds. The summed E-state index contributed by atoms with van der Waals surface area (Å²) in [6, 6.07) is 7.76. The third-order valence-electron chi connectivity index (χ3n) is 2.48. The second-order valence-corrected chi connectivity index (χ2v) is 3.99. The Morgan fingerprint density at radius 2 is 1.84 bits per heavy atom. The van der Waals surface area contributed by atoms with E-state index < -0.39 is 12.1 Å². The predicted octanol–water partition coefficient (Wildman–Crippen LogP) is 0.281. The van der Waals surface area contributed by atoms with Crippen molar-refractivity contribution in [3.63, 3.8) is 0 Å². The van der Waals surface area contributed by atoms with Gasteiger partial charge in [-0.05, 0) is 12.5 Å². The van der Waals surface area contributed by atoms with Crippen LogP contribution in [0.2, 0.25) is 0 Å². The van der Waals surface area contributed by atoms with Crippen molar-refractivity contribution in [3.8, 4) is 0 Å². The standard InChI is InChI=1S/C12H18N4O2.ClH/c1-8(16-12(14)18)11(17)15-7-10(13)9-5-3-2-4-6-9;/h2-6,8,10H,7,13H2,1H3,(H,15,17)(H3,14,16,18);1H. The van der Waals surface area contributed by atoms with Crippen LogP contribution in [0, 0.1) is 0 Å². The summed E-state index contributed by atoms with van der Waals surface area (Å²) in [5.74, 6) is -0.319. The van der Waals surface area contributed by atoms with Gasteiger partial charge in [-0.2, -0.15) is 0 Å². The van der Waals surface area contributed by atoms with E-state index in [-0.39, 0.29) is 24.4 Å². The van der Waals surface area contributed by atoms with Crippen molar-refractivity contribution in [2.24, 2.45) is 11.5 Å². The number of rotatable bonds is 5. The lowest BCUT2D eigenvalue weighted by Gasteiger charge is -2.16. The summed E-state index contributed by atoms with van der Waals surface area (Å²) in [4.78, 5) is 22.2. The molecule has 0 saturated heterocycles. The number of hydrogen-bond donors (Lipinski definition) is 4. The summed E-state index contributed by atoms with van der Waals surface area (Å²) in [5.41, 5.74) is 11.8. The molecule has 0 heterocycles. The van der Waals surface area contributed by atoms with Gasteiger partial charge in [-0.25, -0.2) is 4.79 Å². The van der Waals surface area contributed by atoms with Crippen molar-refractivity contribution in [2.45, 2.75) is 19.0 Å². The van der Waals surface area contributed by atoms with E-state index in [9.17, 15) is 9.59 Å². The van der Waals surface area contributed by atoms with Crippen molar-refractivity contribution in [1.29, 1.82) is 0 Å². The maximum Gasteiger partial charge on any atom is 0.312 e. The molecule has 1 rings (SSSR count). The fraction of sp³-hybridized carbons (Fsp3) is 0.333. The van der Waals surface area contributed by atoms with Crippen LogP contribution in [0.25, 0.3) is 0 Å². The van der Waals surface area contributed by atoms with Crippen molar-refractivity contribution in [1.82, 2.24) is 10.6 Å². The maximum atomic E-state index is 11.6. The summed E-state index contributed by atoms with van der Waals surface area (Å²) in [6.07, 6.45) is 0. The van der Waals surface area contributed by atoms with Crippen LogP contribution >= 0.6 is 12.4 Å². The SMILES string of the molecule is CC(NC(N)=O)C(=O)NCC(N)c1ccccc1.Cl. The first-order valence-corrected chi connectivity index (χ1v) is 5.65. The third-order valence-corrected chi connectivity index (χ3v) is 2.48. The van der Waals surface area contributed by atoms with Gasteiger partial charge in [0.05, 0.1) is 0 Å². The molecular formula is C12H19ClN4O2. The van der Waals surface area contributed by atoms with Crippen molar-refractivity contribution >= 4 is 24.3 Å². The van der Waals surface area contributed by atoms with Gasteiger partial charge in [0.2, 0.25) is 5.91 Å². The second-order valence-electron chi connectivity index (χ2n) is 3.99. The Morgan fingerprint density at radius 1 is 1.26 bits per heavy atom. The lowest BCUT2D eigenvalue weighted by molar-refractivity contribution is -0.122. The van der Waals surface area contributed by atoms with E-state index in [0.29, 0.717) is 6.54 Å². The average molecular weight is 287 g/mol. The van der Waals surface area contributed by atoms with Crippen LogP contribution in [-0.4, -0.2) is 24.5 Å². The minimum atomic E-state index is -0.731. The molecule has 2 unspecified atom stereocenters. The molecule has 0 aliphatic rings. The van der Waals surface area contributed by atoms with Gasteiger partial charge in [0, 0.05) is 12.6 Å². The number of carbonyl (C=O) groups excluding carboxylic acids is 2. The van der Waals surface area contributed by atoms with Crippen LogP contribution in [0.3, 0.4) is 0 Å². The molecule has 0 spiro atoms. The molecule has 0 bridgehead atoms. The Labute approximate surface area is 118 Å². The van der Waals surface area contributed by atoms with E-state index in [2.05, 4.69) is 10.6 Å². The Balaban J connectivity index is 0.00000324. The van der Waals surface area contributed by atoms with Gasteiger partial charge in [-0.15, -0.1) is 12.4 Å². The van der Waals surface area contributed by atoms with E-state index in [1.54, 1.807) is 6.92 Å². The van der Waals surface area contributed by atoms with Gasteiger partial charge in [-0.1, -0.05) is 30.3 Å². The molecule has 6 nitrogen and oxygen atoms in total. The molecule has 0 aliphatic heterocycles.